The predicted molar refractivity (Wildman–Crippen MR) is 325 cm³/mol. The summed E-state index contributed by atoms with van der Waals surface area (Å²) in [6.07, 6.45) is 25.8. The third-order valence-corrected chi connectivity index (χ3v) is 22.2. The molecule has 73 heavy (non-hydrogen) atoms. The van der Waals surface area contributed by atoms with E-state index in [0.29, 0.717) is 23.7 Å². The second kappa shape index (κ2) is 26.0. The van der Waals surface area contributed by atoms with Gasteiger partial charge in [-0.1, -0.05) is 172 Å². The number of hydrogen-bond donors (Lipinski definition) is 0. The SMILES string of the molecule is CC(C)CCCC(C)CCC1(CCC(C)CCCC(C)C)OC2=C(SCC2)c2sc(-c3ccc(-c4cc5c(s4)-c4sccc4OC5(CCC(C)CCCC(C)C)CCC(C)CCCC(C)C)c4nsnc34)cc21. The number of rotatable bonds is 30. The molecule has 3 aliphatic rings. The standard InChI is InChI=1S/C64H94N2O2S5/c1-41(2)17-13-21-45(9)27-33-63(34-28-46(10)22-14-18-42(3)4)51-39-55(71-59(51)61-53(67-63)31-37-69-61)49-25-26-50(58-57(49)65-73-66-58)56-40-52-60(72-56)62-54(32-38-70-62)68-64(52,35-29-47(11)23-15-19-43(5)6)36-30-48(12)24-16-20-44(7)8/h25-26,31,37,39-48H,13-24,27-30,32-36,38H2,1-12H3. The van der Waals surface area contributed by atoms with E-state index < -0.39 is 0 Å². The van der Waals surface area contributed by atoms with E-state index in [2.05, 4.69) is 119 Å². The molecule has 0 aliphatic carbocycles. The van der Waals surface area contributed by atoms with Crippen LogP contribution in [0, 0.1) is 47.3 Å². The van der Waals surface area contributed by atoms with Gasteiger partial charge in [-0.15, -0.1) is 45.8 Å². The highest BCUT2D eigenvalue weighted by Crippen LogP contribution is 2.59. The lowest BCUT2D eigenvalue weighted by Crippen LogP contribution is -2.36. The lowest BCUT2D eigenvalue weighted by molar-refractivity contribution is -0.0313. The quantitative estimate of drug-likeness (QED) is 0.0458. The van der Waals surface area contributed by atoms with E-state index in [4.69, 9.17) is 18.2 Å². The first-order valence-corrected chi connectivity index (χ1v) is 33.6. The van der Waals surface area contributed by atoms with E-state index >= 15 is 0 Å². The number of nitrogens with zero attached hydrogens (tertiary/aromatic N) is 2. The highest BCUT2D eigenvalue weighted by atomic mass is 32.2. The predicted octanol–water partition coefficient (Wildman–Crippen LogP) is 22.5. The molecule has 0 saturated carbocycles. The van der Waals surface area contributed by atoms with Crippen LogP contribution in [0.15, 0.2) is 41.5 Å². The maximum atomic E-state index is 7.53. The van der Waals surface area contributed by atoms with Crippen LogP contribution in [0.5, 0.6) is 5.75 Å². The maximum absolute atomic E-state index is 7.53. The first kappa shape index (κ1) is 57.0. The normalized spacial score (nSPS) is 20.2. The summed E-state index contributed by atoms with van der Waals surface area (Å²) in [6, 6.07) is 12.1. The van der Waals surface area contributed by atoms with Gasteiger partial charge in [0.2, 0.25) is 0 Å². The van der Waals surface area contributed by atoms with Crippen molar-refractivity contribution in [3.05, 3.63) is 57.5 Å². The molecule has 1 aromatic carbocycles. The van der Waals surface area contributed by atoms with Crippen LogP contribution in [0.25, 0.3) is 46.6 Å². The monoisotopic (exact) mass is 1080 g/mol. The number of ether oxygens (including phenoxy) is 2. The molecule has 0 radical (unpaired) electrons. The van der Waals surface area contributed by atoms with Crippen molar-refractivity contribution in [2.24, 2.45) is 47.3 Å². The number of hydrogen-bond acceptors (Lipinski definition) is 9. The van der Waals surface area contributed by atoms with Gasteiger partial charge in [0.25, 0.3) is 0 Å². The lowest BCUT2D eigenvalue weighted by atomic mass is 9.78. The zero-order valence-electron chi connectivity index (χ0n) is 47.4. The van der Waals surface area contributed by atoms with Gasteiger partial charge in [-0.25, -0.2) is 0 Å². The average Bonchev–Trinajstić information content (AvgIpc) is 4.21. The number of thiophene rings is 3. The summed E-state index contributed by atoms with van der Waals surface area (Å²) in [6.45, 7) is 28.9. The molecule has 0 saturated heterocycles. The van der Waals surface area contributed by atoms with Crippen LogP contribution in [0.3, 0.4) is 0 Å². The Hall–Kier alpha value is -2.17. The molecule has 9 heteroatoms. The Morgan fingerprint density at radius 1 is 0.493 bits per heavy atom. The lowest BCUT2D eigenvalue weighted by Gasteiger charge is -2.40. The Morgan fingerprint density at radius 3 is 1.37 bits per heavy atom. The molecule has 4 atom stereocenters. The molecule has 402 valence electrons. The summed E-state index contributed by atoms with van der Waals surface area (Å²) in [5.74, 6) is 9.22. The molecule has 8 rings (SSSR count). The molecule has 4 unspecified atom stereocenters. The van der Waals surface area contributed by atoms with Crippen LogP contribution >= 0.6 is 57.5 Å². The van der Waals surface area contributed by atoms with Crippen molar-refractivity contribution in [3.8, 4) is 36.4 Å². The molecule has 0 amide bonds. The first-order valence-electron chi connectivity index (χ1n) is 29.4. The van der Waals surface area contributed by atoms with Crippen LogP contribution in [-0.2, 0) is 15.9 Å². The van der Waals surface area contributed by atoms with Crippen molar-refractivity contribution in [1.82, 2.24) is 8.75 Å². The minimum Gasteiger partial charge on any atom is -0.486 e. The summed E-state index contributed by atoms with van der Waals surface area (Å²) in [4.78, 5) is 8.18. The number of thioether (sulfide) groups is 1. The van der Waals surface area contributed by atoms with Crippen molar-refractivity contribution in [1.29, 1.82) is 0 Å². The van der Waals surface area contributed by atoms with E-state index in [1.807, 2.05) is 45.8 Å². The Morgan fingerprint density at radius 2 is 0.918 bits per heavy atom. The van der Waals surface area contributed by atoms with Gasteiger partial charge in [0.1, 0.15) is 33.7 Å². The number of fused-ring (bicyclic) bond motifs is 6. The van der Waals surface area contributed by atoms with Crippen molar-refractivity contribution < 1.29 is 9.47 Å². The molecular formula is C64H94N2O2S5. The first-order chi connectivity index (χ1) is 35.0. The Balaban J connectivity index is 1.13. The van der Waals surface area contributed by atoms with Gasteiger partial charge in [0, 0.05) is 44.2 Å². The molecule has 4 aromatic heterocycles. The summed E-state index contributed by atoms with van der Waals surface area (Å²) >= 11 is 9.19. The van der Waals surface area contributed by atoms with Gasteiger partial charge >= 0.3 is 0 Å². The maximum Gasteiger partial charge on any atom is 0.140 e. The van der Waals surface area contributed by atoms with Crippen LogP contribution in [0.4, 0.5) is 0 Å². The summed E-state index contributed by atoms with van der Waals surface area (Å²) in [5.41, 5.74) is 6.71. The molecule has 0 bridgehead atoms. The Kier molecular flexibility index (Phi) is 20.3. The Bertz CT molecular complexity index is 2500. The van der Waals surface area contributed by atoms with E-state index in [9.17, 15) is 0 Å². The molecule has 5 aromatic rings. The molecule has 4 nitrogen and oxygen atoms in total. The number of allylic oxidation sites excluding steroid dienone is 1. The van der Waals surface area contributed by atoms with Crippen molar-refractivity contribution in [2.75, 3.05) is 5.75 Å². The smallest absolute Gasteiger partial charge is 0.140 e. The third-order valence-electron chi connectivity index (χ3n) is 17.0. The molecule has 0 N–H and O–H groups in total. The van der Waals surface area contributed by atoms with E-state index in [1.165, 1.54) is 172 Å². The van der Waals surface area contributed by atoms with E-state index in [0.717, 1.165) is 78.3 Å². The van der Waals surface area contributed by atoms with Crippen molar-refractivity contribution >= 4 is 73.4 Å². The fourth-order valence-corrected chi connectivity index (χ4v) is 17.5. The van der Waals surface area contributed by atoms with Gasteiger partial charge in [0.15, 0.2) is 0 Å². The molecular weight excluding hydrogens is 989 g/mol. The fraction of sp³-hybridized carbons (Fsp3) is 0.688. The van der Waals surface area contributed by atoms with E-state index in [-0.39, 0.29) is 11.2 Å². The van der Waals surface area contributed by atoms with Crippen LogP contribution in [0.1, 0.15) is 234 Å². The van der Waals surface area contributed by atoms with Gasteiger partial charge in [-0.05, 0) is 122 Å². The van der Waals surface area contributed by atoms with Gasteiger partial charge in [-0.3, -0.25) is 0 Å². The van der Waals surface area contributed by atoms with Gasteiger partial charge in [-0.2, -0.15) is 8.75 Å². The largest absolute Gasteiger partial charge is 0.486 e. The number of benzene rings is 1. The minimum absolute atomic E-state index is 0.297. The summed E-state index contributed by atoms with van der Waals surface area (Å²) in [5, 5.41) is 2.25. The highest BCUT2D eigenvalue weighted by Gasteiger charge is 2.46. The van der Waals surface area contributed by atoms with Crippen LogP contribution in [0.2, 0.25) is 0 Å². The summed E-state index contributed by atoms with van der Waals surface area (Å²) < 4.78 is 25.3. The van der Waals surface area contributed by atoms with Crippen LogP contribution in [-0.4, -0.2) is 14.5 Å². The third kappa shape index (κ3) is 14.1. The minimum atomic E-state index is -0.343. The molecule has 3 aliphatic heterocycles. The zero-order valence-corrected chi connectivity index (χ0v) is 51.5. The molecule has 7 heterocycles. The highest BCUT2D eigenvalue weighted by molar-refractivity contribution is 8.08. The second-order valence-electron chi connectivity index (χ2n) is 25.4. The van der Waals surface area contributed by atoms with Crippen molar-refractivity contribution in [3.63, 3.8) is 0 Å². The fourth-order valence-electron chi connectivity index (χ4n) is 12.1. The molecule has 0 spiro atoms. The van der Waals surface area contributed by atoms with Gasteiger partial charge < -0.3 is 9.47 Å². The summed E-state index contributed by atoms with van der Waals surface area (Å²) in [7, 11) is 0. The zero-order chi connectivity index (χ0) is 51.9. The molecule has 0 fully saturated rings. The average molecular weight is 1080 g/mol. The van der Waals surface area contributed by atoms with Crippen LogP contribution < -0.4 is 4.74 Å². The van der Waals surface area contributed by atoms with Gasteiger partial charge in [0.05, 0.1) is 31.3 Å². The Labute approximate surface area is 464 Å². The number of aromatic nitrogens is 2. The van der Waals surface area contributed by atoms with Crippen molar-refractivity contribution in [2.45, 2.75) is 229 Å². The second-order valence-corrected chi connectivity index (χ2v) is 30.0. The topological polar surface area (TPSA) is 44.2 Å². The van der Waals surface area contributed by atoms with E-state index in [1.54, 1.807) is 0 Å².